The van der Waals surface area contributed by atoms with Crippen molar-refractivity contribution in [3.8, 4) is 0 Å². The largest absolute Gasteiger partial charge is 0.331 e. The molecule has 7 heteroatoms. The number of nitrogens with zero attached hydrogens (tertiary/aromatic N) is 3. The zero-order chi connectivity index (χ0) is 10.3. The van der Waals surface area contributed by atoms with E-state index in [1.807, 2.05) is 0 Å². The highest BCUT2D eigenvalue weighted by molar-refractivity contribution is 5.68. The van der Waals surface area contributed by atoms with E-state index in [-0.39, 0.29) is 12.3 Å². The van der Waals surface area contributed by atoms with Gasteiger partial charge in [0.25, 0.3) is 5.56 Å². The highest BCUT2D eigenvalue weighted by Gasteiger charge is 2.09. The summed E-state index contributed by atoms with van der Waals surface area (Å²) in [6.45, 7) is -0.144. The smallest absolute Gasteiger partial charge is 0.328 e. The van der Waals surface area contributed by atoms with E-state index in [4.69, 9.17) is 5.73 Å². The first-order valence-corrected chi connectivity index (χ1v) is 3.99. The van der Waals surface area contributed by atoms with Crippen LogP contribution in [0.5, 0.6) is 0 Å². The summed E-state index contributed by atoms with van der Waals surface area (Å²) in [7, 11) is 1.68. The Bertz CT molecular complexity index is 590. The van der Waals surface area contributed by atoms with E-state index in [2.05, 4.69) is 9.97 Å². The summed E-state index contributed by atoms with van der Waals surface area (Å²) in [5.74, 6) is 0. The third kappa shape index (κ3) is 0.990. The molecule has 0 aliphatic heterocycles. The molecule has 0 aromatic carbocycles. The minimum atomic E-state index is -0.538. The normalized spacial score (nSPS) is 11.0. The predicted molar refractivity (Wildman–Crippen MR) is 49.8 cm³/mol. The van der Waals surface area contributed by atoms with E-state index in [0.29, 0.717) is 5.52 Å². The first-order valence-electron chi connectivity index (χ1n) is 3.99. The average molecular weight is 195 g/mol. The second-order valence-corrected chi connectivity index (χ2v) is 2.90. The maximum Gasteiger partial charge on any atom is 0.331 e. The Hall–Kier alpha value is -1.89. The summed E-state index contributed by atoms with van der Waals surface area (Å²) >= 11 is 0. The predicted octanol–water partition coefficient (Wildman–Crippen LogP) is -1.66. The Labute approximate surface area is 77.8 Å². The van der Waals surface area contributed by atoms with Gasteiger partial charge in [0, 0.05) is 7.05 Å². The minimum Gasteiger partial charge on any atom is -0.328 e. The fourth-order valence-corrected chi connectivity index (χ4v) is 1.33. The van der Waals surface area contributed by atoms with Gasteiger partial charge in [-0.15, -0.1) is 0 Å². The molecule has 0 aliphatic carbocycles. The molecule has 7 nitrogen and oxygen atoms in total. The lowest BCUT2D eigenvalue weighted by molar-refractivity contribution is 0.657. The fourth-order valence-electron chi connectivity index (χ4n) is 1.33. The van der Waals surface area contributed by atoms with E-state index in [1.54, 1.807) is 11.6 Å². The molecule has 0 unspecified atom stereocenters. The number of aromatic nitrogens is 4. The molecule has 0 saturated heterocycles. The number of H-pyrrole nitrogens is 1. The standard InChI is InChI=1S/C7H9N5O2/c1-11-3-9-5-4(11)6(13)12(2-8)7(14)10-5/h3H,2,8H2,1H3,(H,10,14). The molecule has 14 heavy (non-hydrogen) atoms. The Morgan fingerprint density at radius 2 is 2.29 bits per heavy atom. The van der Waals surface area contributed by atoms with Crippen molar-refractivity contribution < 1.29 is 0 Å². The van der Waals surface area contributed by atoms with Crippen molar-refractivity contribution in [1.29, 1.82) is 0 Å². The van der Waals surface area contributed by atoms with Gasteiger partial charge in [-0.1, -0.05) is 0 Å². The Kier molecular flexibility index (Phi) is 1.74. The zero-order valence-corrected chi connectivity index (χ0v) is 7.52. The molecule has 0 atom stereocenters. The van der Waals surface area contributed by atoms with Gasteiger partial charge in [-0.05, 0) is 0 Å². The van der Waals surface area contributed by atoms with Gasteiger partial charge >= 0.3 is 5.69 Å². The van der Waals surface area contributed by atoms with Crippen molar-refractivity contribution in [2.24, 2.45) is 12.8 Å². The molecule has 2 rings (SSSR count). The Balaban J connectivity index is 3.05. The number of nitrogens with one attached hydrogen (secondary N) is 1. The summed E-state index contributed by atoms with van der Waals surface area (Å²) < 4.78 is 2.46. The van der Waals surface area contributed by atoms with Crippen molar-refractivity contribution in [3.63, 3.8) is 0 Å². The Morgan fingerprint density at radius 3 is 2.93 bits per heavy atom. The van der Waals surface area contributed by atoms with Crippen LogP contribution in [0.3, 0.4) is 0 Å². The van der Waals surface area contributed by atoms with Crippen LogP contribution >= 0.6 is 0 Å². The van der Waals surface area contributed by atoms with Crippen LogP contribution < -0.4 is 17.0 Å². The van der Waals surface area contributed by atoms with Gasteiger partial charge in [-0.25, -0.2) is 14.3 Å². The zero-order valence-electron chi connectivity index (χ0n) is 7.52. The van der Waals surface area contributed by atoms with Gasteiger partial charge < -0.3 is 10.3 Å². The number of rotatable bonds is 1. The Morgan fingerprint density at radius 1 is 1.57 bits per heavy atom. The number of hydrogen-bond acceptors (Lipinski definition) is 4. The lowest BCUT2D eigenvalue weighted by Gasteiger charge is -2.00. The number of hydrogen-bond donors (Lipinski definition) is 2. The summed E-state index contributed by atoms with van der Waals surface area (Å²) in [5.41, 5.74) is 4.94. The number of imidazole rings is 1. The maximum absolute atomic E-state index is 11.7. The van der Waals surface area contributed by atoms with Crippen LogP contribution in [-0.4, -0.2) is 19.1 Å². The second kappa shape index (κ2) is 2.81. The van der Waals surface area contributed by atoms with Crippen LogP contribution in [0.2, 0.25) is 0 Å². The molecular weight excluding hydrogens is 186 g/mol. The molecule has 0 fully saturated rings. The van der Waals surface area contributed by atoms with Gasteiger partial charge in [0.1, 0.15) is 0 Å². The summed E-state index contributed by atoms with van der Waals surface area (Å²) in [6.07, 6.45) is 1.46. The average Bonchev–Trinajstić information content (AvgIpc) is 2.48. The molecular formula is C7H9N5O2. The number of fused-ring (bicyclic) bond motifs is 1. The molecule has 2 aromatic heterocycles. The first-order chi connectivity index (χ1) is 6.65. The van der Waals surface area contributed by atoms with Crippen LogP contribution in [-0.2, 0) is 13.7 Å². The van der Waals surface area contributed by atoms with Crippen LogP contribution in [0.4, 0.5) is 0 Å². The summed E-state index contributed by atoms with van der Waals surface area (Å²) in [4.78, 5) is 29.3. The molecule has 0 aliphatic rings. The SMILES string of the molecule is Cn1cnc2[nH]c(=O)n(CN)c(=O)c21. The van der Waals surface area contributed by atoms with Crippen molar-refractivity contribution in [2.45, 2.75) is 6.67 Å². The third-order valence-electron chi connectivity index (χ3n) is 2.04. The van der Waals surface area contributed by atoms with Gasteiger partial charge in [-0.3, -0.25) is 9.78 Å². The maximum atomic E-state index is 11.7. The van der Waals surface area contributed by atoms with Gasteiger partial charge in [-0.2, -0.15) is 0 Å². The fraction of sp³-hybridized carbons (Fsp3) is 0.286. The van der Waals surface area contributed by atoms with E-state index in [9.17, 15) is 9.59 Å². The van der Waals surface area contributed by atoms with Crippen LogP contribution in [0.15, 0.2) is 15.9 Å². The van der Waals surface area contributed by atoms with Crippen molar-refractivity contribution >= 4 is 11.2 Å². The van der Waals surface area contributed by atoms with Crippen molar-refractivity contribution in [1.82, 2.24) is 19.1 Å². The molecule has 0 amide bonds. The summed E-state index contributed by atoms with van der Waals surface area (Å²) in [6, 6.07) is 0. The lowest BCUT2D eigenvalue weighted by atomic mass is 10.5. The molecule has 0 saturated carbocycles. The van der Waals surface area contributed by atoms with Gasteiger partial charge in [0.2, 0.25) is 0 Å². The molecule has 2 aromatic rings. The quantitative estimate of drug-likeness (QED) is 0.568. The second-order valence-electron chi connectivity index (χ2n) is 2.90. The lowest BCUT2D eigenvalue weighted by Crippen LogP contribution is -2.37. The van der Waals surface area contributed by atoms with Crippen LogP contribution in [0.25, 0.3) is 11.2 Å². The topological polar surface area (TPSA) is 98.7 Å². The van der Waals surface area contributed by atoms with Crippen LogP contribution in [0, 0.1) is 0 Å². The monoisotopic (exact) mass is 195 g/mol. The molecule has 2 heterocycles. The molecule has 0 radical (unpaired) electrons. The van der Waals surface area contributed by atoms with Crippen LogP contribution in [0.1, 0.15) is 0 Å². The first kappa shape index (κ1) is 8.70. The molecule has 74 valence electrons. The summed E-state index contributed by atoms with van der Waals surface area (Å²) in [5, 5.41) is 0. The molecule has 0 bridgehead atoms. The van der Waals surface area contributed by atoms with Crippen molar-refractivity contribution in [3.05, 3.63) is 27.2 Å². The number of nitrogens with two attached hydrogens (primary N) is 1. The number of aromatic amines is 1. The molecule has 0 spiro atoms. The third-order valence-corrected chi connectivity index (χ3v) is 2.04. The van der Waals surface area contributed by atoms with E-state index in [0.717, 1.165) is 4.57 Å². The van der Waals surface area contributed by atoms with E-state index < -0.39 is 11.2 Å². The minimum absolute atomic E-state index is 0.144. The van der Waals surface area contributed by atoms with E-state index in [1.165, 1.54) is 6.33 Å². The highest BCUT2D eigenvalue weighted by Crippen LogP contribution is 1.99. The molecule has 3 N–H and O–H groups in total. The van der Waals surface area contributed by atoms with Gasteiger partial charge in [0.15, 0.2) is 11.2 Å². The van der Waals surface area contributed by atoms with Gasteiger partial charge in [0.05, 0.1) is 13.0 Å². The van der Waals surface area contributed by atoms with Crippen molar-refractivity contribution in [2.75, 3.05) is 0 Å². The van der Waals surface area contributed by atoms with E-state index >= 15 is 0 Å². The highest BCUT2D eigenvalue weighted by atomic mass is 16.2. The number of aryl methyl sites for hydroxylation is 1.